The minimum Gasteiger partial charge on any atom is -0.354 e. The monoisotopic (exact) mass is 218 g/mol. The molecule has 14 heavy (non-hydrogen) atoms. The number of carbonyl (C=O) groups is 1. The number of nitrogens with two attached hydrogens (primary N) is 1. The zero-order chi connectivity index (χ0) is 11.4. The van der Waals surface area contributed by atoms with Crippen LogP contribution in [-0.4, -0.2) is 29.5 Å². The van der Waals surface area contributed by atoms with E-state index in [9.17, 15) is 4.79 Å². The van der Waals surface area contributed by atoms with Crippen molar-refractivity contribution in [3.05, 3.63) is 0 Å². The Balaban J connectivity index is 3.97. The summed E-state index contributed by atoms with van der Waals surface area (Å²) in [4.78, 5) is 11.5. The van der Waals surface area contributed by atoms with Crippen LogP contribution in [0.1, 0.15) is 27.7 Å². The molecule has 4 heteroatoms. The summed E-state index contributed by atoms with van der Waals surface area (Å²) < 4.78 is 0.0905. The van der Waals surface area contributed by atoms with Crippen LogP contribution in [0.5, 0.6) is 0 Å². The number of amides is 1. The first-order valence-corrected chi connectivity index (χ1v) is 6.11. The summed E-state index contributed by atoms with van der Waals surface area (Å²) in [6.45, 7) is 8.60. The second-order valence-corrected chi connectivity index (χ2v) is 5.84. The zero-order valence-corrected chi connectivity index (χ0v) is 10.6. The first-order valence-electron chi connectivity index (χ1n) is 4.88. The fraction of sp³-hybridized carbons (Fsp3) is 0.900. The minimum absolute atomic E-state index is 0.0436. The minimum atomic E-state index is -0.118. The van der Waals surface area contributed by atoms with Gasteiger partial charge in [0, 0.05) is 23.3 Å². The molecule has 0 aromatic carbocycles. The van der Waals surface area contributed by atoms with Crippen LogP contribution >= 0.6 is 11.8 Å². The van der Waals surface area contributed by atoms with Crippen molar-refractivity contribution in [3.63, 3.8) is 0 Å². The molecule has 0 spiro atoms. The van der Waals surface area contributed by atoms with Crippen LogP contribution in [0.15, 0.2) is 0 Å². The molecule has 2 unspecified atom stereocenters. The average Bonchev–Trinajstić information content (AvgIpc) is 2.13. The lowest BCUT2D eigenvalue weighted by Crippen LogP contribution is -2.43. The van der Waals surface area contributed by atoms with Crippen LogP contribution in [-0.2, 0) is 4.79 Å². The van der Waals surface area contributed by atoms with E-state index in [0.717, 1.165) is 0 Å². The molecular weight excluding hydrogens is 196 g/mol. The summed E-state index contributed by atoms with van der Waals surface area (Å²) in [6.07, 6.45) is 2.04. The Morgan fingerprint density at radius 2 is 2.00 bits per heavy atom. The molecule has 0 aliphatic rings. The molecule has 0 aromatic heterocycles. The van der Waals surface area contributed by atoms with Crippen molar-refractivity contribution >= 4 is 17.7 Å². The van der Waals surface area contributed by atoms with Gasteiger partial charge in [-0.3, -0.25) is 4.79 Å². The van der Waals surface area contributed by atoms with Gasteiger partial charge >= 0.3 is 0 Å². The summed E-state index contributed by atoms with van der Waals surface area (Å²) in [5.41, 5.74) is 5.64. The third-order valence-electron chi connectivity index (χ3n) is 2.44. The Labute approximate surface area is 91.2 Å². The highest BCUT2D eigenvalue weighted by atomic mass is 32.2. The molecule has 0 radical (unpaired) electrons. The van der Waals surface area contributed by atoms with E-state index >= 15 is 0 Å². The maximum absolute atomic E-state index is 11.5. The molecule has 0 bridgehead atoms. The lowest BCUT2D eigenvalue weighted by molar-refractivity contribution is -0.125. The molecule has 0 heterocycles. The molecule has 2 atom stereocenters. The standard InChI is InChI=1S/C10H22N2OS/c1-7(8(2)11)9(13)12-6-10(3,4)14-5/h7-8H,6,11H2,1-5H3,(H,12,13). The van der Waals surface area contributed by atoms with Gasteiger partial charge in [-0.2, -0.15) is 11.8 Å². The second-order valence-electron chi connectivity index (χ2n) is 4.33. The van der Waals surface area contributed by atoms with Crippen molar-refractivity contribution in [3.8, 4) is 0 Å². The van der Waals surface area contributed by atoms with E-state index in [4.69, 9.17) is 5.73 Å². The van der Waals surface area contributed by atoms with Crippen LogP contribution in [0.3, 0.4) is 0 Å². The van der Waals surface area contributed by atoms with Crippen molar-refractivity contribution in [2.24, 2.45) is 11.7 Å². The van der Waals surface area contributed by atoms with Crippen LogP contribution < -0.4 is 11.1 Å². The number of nitrogens with one attached hydrogen (secondary N) is 1. The predicted molar refractivity (Wildman–Crippen MR) is 63.4 cm³/mol. The smallest absolute Gasteiger partial charge is 0.224 e. The van der Waals surface area contributed by atoms with Gasteiger partial charge < -0.3 is 11.1 Å². The van der Waals surface area contributed by atoms with E-state index in [-0.39, 0.29) is 22.6 Å². The molecule has 3 nitrogen and oxygen atoms in total. The Morgan fingerprint density at radius 3 is 2.36 bits per heavy atom. The highest BCUT2D eigenvalue weighted by Gasteiger charge is 2.21. The Morgan fingerprint density at radius 1 is 1.50 bits per heavy atom. The van der Waals surface area contributed by atoms with Gasteiger partial charge in [-0.1, -0.05) is 6.92 Å². The number of hydrogen-bond donors (Lipinski definition) is 2. The number of rotatable bonds is 5. The molecule has 0 aromatic rings. The normalized spacial score (nSPS) is 16.1. The number of thioether (sulfide) groups is 1. The van der Waals surface area contributed by atoms with Crippen molar-refractivity contribution in [1.29, 1.82) is 0 Å². The molecule has 0 rings (SSSR count). The van der Waals surface area contributed by atoms with E-state index in [1.54, 1.807) is 11.8 Å². The van der Waals surface area contributed by atoms with Gasteiger partial charge in [0.05, 0.1) is 0 Å². The van der Waals surface area contributed by atoms with E-state index < -0.39 is 0 Å². The molecule has 0 saturated heterocycles. The molecule has 84 valence electrons. The average molecular weight is 218 g/mol. The summed E-state index contributed by atoms with van der Waals surface area (Å²) in [5.74, 6) is -0.0743. The molecular formula is C10H22N2OS. The van der Waals surface area contributed by atoms with Gasteiger partial charge in [-0.05, 0) is 27.0 Å². The highest BCUT2D eigenvalue weighted by molar-refractivity contribution is 7.99. The summed E-state index contributed by atoms with van der Waals surface area (Å²) in [5, 5.41) is 2.92. The molecule has 0 saturated carbocycles. The first kappa shape index (κ1) is 13.8. The molecule has 0 aliphatic carbocycles. The fourth-order valence-electron chi connectivity index (χ4n) is 0.772. The molecule has 0 aliphatic heterocycles. The van der Waals surface area contributed by atoms with E-state index in [2.05, 4.69) is 19.2 Å². The lowest BCUT2D eigenvalue weighted by Gasteiger charge is -2.24. The van der Waals surface area contributed by atoms with Crippen LogP contribution in [0.25, 0.3) is 0 Å². The first-order chi connectivity index (χ1) is 6.30. The van der Waals surface area contributed by atoms with Gasteiger partial charge in [-0.25, -0.2) is 0 Å². The van der Waals surface area contributed by atoms with Crippen LogP contribution in [0.2, 0.25) is 0 Å². The van der Waals surface area contributed by atoms with E-state index in [0.29, 0.717) is 6.54 Å². The lowest BCUT2D eigenvalue weighted by atomic mass is 10.0. The van der Waals surface area contributed by atoms with Crippen molar-refractivity contribution in [2.45, 2.75) is 38.5 Å². The van der Waals surface area contributed by atoms with Gasteiger partial charge in [-0.15, -0.1) is 0 Å². The SMILES string of the molecule is CSC(C)(C)CNC(=O)C(C)C(C)N. The number of carbonyl (C=O) groups excluding carboxylic acids is 1. The number of hydrogen-bond acceptors (Lipinski definition) is 3. The quantitative estimate of drug-likeness (QED) is 0.729. The summed E-state index contributed by atoms with van der Waals surface area (Å²) >= 11 is 1.74. The third-order valence-corrected chi connectivity index (χ3v) is 3.69. The van der Waals surface area contributed by atoms with Gasteiger partial charge in [0.25, 0.3) is 0 Å². The van der Waals surface area contributed by atoms with Crippen molar-refractivity contribution in [2.75, 3.05) is 12.8 Å². The second kappa shape index (κ2) is 5.61. The highest BCUT2D eigenvalue weighted by Crippen LogP contribution is 2.19. The molecule has 3 N–H and O–H groups in total. The van der Waals surface area contributed by atoms with Crippen LogP contribution in [0, 0.1) is 5.92 Å². The maximum atomic E-state index is 11.5. The Kier molecular flexibility index (Phi) is 5.52. The predicted octanol–water partition coefficient (Wildman–Crippen LogP) is 1.23. The van der Waals surface area contributed by atoms with E-state index in [1.165, 1.54) is 0 Å². The summed E-state index contributed by atoms with van der Waals surface area (Å²) in [6, 6.07) is -0.0904. The van der Waals surface area contributed by atoms with E-state index in [1.807, 2.05) is 20.1 Å². The Bertz CT molecular complexity index is 193. The zero-order valence-electron chi connectivity index (χ0n) is 9.76. The fourth-order valence-corrected chi connectivity index (χ4v) is 0.988. The Hall–Kier alpha value is -0.220. The van der Waals surface area contributed by atoms with Gasteiger partial charge in [0.1, 0.15) is 0 Å². The van der Waals surface area contributed by atoms with Gasteiger partial charge in [0.15, 0.2) is 0 Å². The third kappa shape index (κ3) is 4.86. The largest absolute Gasteiger partial charge is 0.354 e. The topological polar surface area (TPSA) is 55.1 Å². The van der Waals surface area contributed by atoms with Crippen molar-refractivity contribution in [1.82, 2.24) is 5.32 Å². The van der Waals surface area contributed by atoms with Crippen molar-refractivity contribution < 1.29 is 4.79 Å². The van der Waals surface area contributed by atoms with Gasteiger partial charge in [0.2, 0.25) is 5.91 Å². The summed E-state index contributed by atoms with van der Waals surface area (Å²) in [7, 11) is 0. The molecule has 1 amide bonds. The maximum Gasteiger partial charge on any atom is 0.224 e. The molecule has 0 fully saturated rings. The van der Waals surface area contributed by atoms with Crippen LogP contribution in [0.4, 0.5) is 0 Å².